The fraction of sp³-hybridized carbons (Fsp3) is 0.750. The molecule has 0 fully saturated rings. The van der Waals surface area contributed by atoms with E-state index in [2.05, 4.69) is 111 Å². The summed E-state index contributed by atoms with van der Waals surface area (Å²) in [5.74, 6) is -2.29. The smallest absolute Gasteiger partial charge is 0.306 e. The third kappa shape index (κ3) is 67.6. The van der Waals surface area contributed by atoms with E-state index in [9.17, 15) is 19.5 Å². The van der Waals surface area contributed by atoms with Crippen LogP contribution in [0.1, 0.15) is 309 Å². The van der Waals surface area contributed by atoms with Crippen molar-refractivity contribution in [3.8, 4) is 0 Å². The summed E-state index contributed by atoms with van der Waals surface area (Å²) in [6.45, 7) is 4.64. The minimum Gasteiger partial charge on any atom is -0.545 e. The Balaban J connectivity index is 4.11. The number of ether oxygens (including phenoxy) is 4. The Kier molecular flexibility index (Phi) is 63.2. The molecule has 0 radical (unpaired) electrons. The summed E-state index contributed by atoms with van der Waals surface area (Å²) < 4.78 is 22.8. The topological polar surface area (TPSA) is 111 Å². The molecule has 0 aromatic carbocycles. The van der Waals surface area contributed by atoms with Crippen molar-refractivity contribution in [3.05, 3.63) is 97.2 Å². The van der Waals surface area contributed by atoms with Crippen molar-refractivity contribution in [3.63, 3.8) is 0 Å². The SMILES string of the molecule is CC/C=C\C/C=C\C/C=C\C/C=C\C/C=C\C/C=C\CCCCCCCCCCC(=O)OC(COC(=O)CCCCCCCCCCCCCCCCCCCCCCC/C=C\C/C=C\CCCCCCC)COC(OCC[N+](C)(C)C)C(=O)[O-]. The number of allylic oxidation sites excluding steroid dienone is 16. The molecular formula is C76H133NO8. The molecule has 85 heavy (non-hydrogen) atoms. The van der Waals surface area contributed by atoms with Crippen molar-refractivity contribution in [2.45, 2.75) is 322 Å². The molecule has 9 heteroatoms. The van der Waals surface area contributed by atoms with E-state index in [1.54, 1.807) is 0 Å². The zero-order chi connectivity index (χ0) is 61.9. The number of nitrogens with zero attached hydrogens (tertiary/aromatic N) is 1. The molecule has 2 atom stereocenters. The van der Waals surface area contributed by atoms with Gasteiger partial charge >= 0.3 is 11.9 Å². The third-order valence-electron chi connectivity index (χ3n) is 15.3. The largest absolute Gasteiger partial charge is 0.545 e. The van der Waals surface area contributed by atoms with Gasteiger partial charge in [-0.05, 0) is 96.3 Å². The van der Waals surface area contributed by atoms with Gasteiger partial charge in [-0.15, -0.1) is 0 Å². The van der Waals surface area contributed by atoms with Gasteiger partial charge in [-0.25, -0.2) is 0 Å². The number of carbonyl (C=O) groups excluding carboxylic acids is 3. The van der Waals surface area contributed by atoms with Crippen LogP contribution < -0.4 is 5.11 Å². The highest BCUT2D eigenvalue weighted by Gasteiger charge is 2.22. The van der Waals surface area contributed by atoms with Crippen LogP contribution in [-0.4, -0.2) is 82.3 Å². The normalized spacial score (nSPS) is 13.3. The van der Waals surface area contributed by atoms with Gasteiger partial charge in [-0.3, -0.25) is 9.59 Å². The fourth-order valence-electron chi connectivity index (χ4n) is 9.93. The number of carboxylic acids is 1. The first-order valence-electron chi connectivity index (χ1n) is 35.4. The van der Waals surface area contributed by atoms with Crippen LogP contribution in [0.15, 0.2) is 97.2 Å². The van der Waals surface area contributed by atoms with Crippen LogP contribution in [0.4, 0.5) is 0 Å². The first-order chi connectivity index (χ1) is 41.6. The molecule has 0 heterocycles. The van der Waals surface area contributed by atoms with Crippen molar-refractivity contribution in [1.29, 1.82) is 0 Å². The van der Waals surface area contributed by atoms with Crippen LogP contribution in [0.5, 0.6) is 0 Å². The lowest BCUT2D eigenvalue weighted by Crippen LogP contribution is -2.44. The molecule has 490 valence electrons. The monoisotopic (exact) mass is 1190 g/mol. The first kappa shape index (κ1) is 81.2. The van der Waals surface area contributed by atoms with Crippen molar-refractivity contribution in [2.24, 2.45) is 0 Å². The Labute approximate surface area is 524 Å². The second-order valence-corrected chi connectivity index (χ2v) is 24.8. The summed E-state index contributed by atoms with van der Waals surface area (Å²) in [4.78, 5) is 37.5. The van der Waals surface area contributed by atoms with Crippen molar-refractivity contribution >= 4 is 17.9 Å². The standard InChI is InChI=1S/C76H133NO8/c1-6-8-10-12-14-16-18-20-22-24-26-28-30-32-34-35-36-37-38-39-41-42-44-46-48-50-52-54-56-58-60-62-64-66-73(78)83-70-72(71-84-76(75(80)81)82-69-68-77(3,4)5)85-74(79)67-65-63-61-59-57-55-53-51-49-47-45-43-40-33-31-29-27-25-23-21-19-17-15-13-11-9-7-2/h9,11,15,17-18,20-21,23-24,26-27,29,33,40,45,47,72,76H,6-8,10,12-14,16,19,22,25,28,30-32,34-39,41-44,46,48-71H2,1-5H3/b11-9-,17-15-,20-18-,23-21-,26-24-,29-27-,40-33-,47-45-. The van der Waals surface area contributed by atoms with Gasteiger partial charge in [0.1, 0.15) is 13.2 Å². The van der Waals surface area contributed by atoms with Crippen LogP contribution in [0.3, 0.4) is 0 Å². The predicted molar refractivity (Wildman–Crippen MR) is 361 cm³/mol. The average Bonchev–Trinajstić information content (AvgIpc) is 3.48. The molecule has 0 amide bonds. The van der Waals surface area contributed by atoms with Crippen LogP contribution in [0.25, 0.3) is 0 Å². The van der Waals surface area contributed by atoms with Gasteiger partial charge in [0.05, 0.1) is 40.3 Å². The number of unbranched alkanes of at least 4 members (excludes halogenated alkanes) is 34. The van der Waals surface area contributed by atoms with Crippen molar-refractivity contribution in [2.75, 3.05) is 47.5 Å². The van der Waals surface area contributed by atoms with E-state index in [4.69, 9.17) is 18.9 Å². The van der Waals surface area contributed by atoms with E-state index in [1.807, 2.05) is 21.1 Å². The highest BCUT2D eigenvalue weighted by molar-refractivity contribution is 5.70. The molecule has 0 spiro atoms. The second kappa shape index (κ2) is 66.2. The Morgan fingerprint density at radius 2 is 0.671 bits per heavy atom. The number of esters is 2. The summed E-state index contributed by atoms with van der Waals surface area (Å²) >= 11 is 0. The molecule has 0 saturated carbocycles. The fourth-order valence-corrected chi connectivity index (χ4v) is 9.93. The summed E-state index contributed by atoms with van der Waals surface area (Å²) in [5, 5.41) is 11.8. The number of likely N-dealkylation sites (N-methyl/N-ethyl adjacent to an activating group) is 1. The number of quaternary nitrogens is 1. The molecule has 0 aliphatic rings. The van der Waals surface area contributed by atoms with Gasteiger partial charge in [0, 0.05) is 12.8 Å². The number of hydrogen-bond donors (Lipinski definition) is 0. The van der Waals surface area contributed by atoms with E-state index in [-0.39, 0.29) is 38.6 Å². The van der Waals surface area contributed by atoms with Gasteiger partial charge in [-0.1, -0.05) is 297 Å². The van der Waals surface area contributed by atoms with Gasteiger partial charge in [0.2, 0.25) is 0 Å². The van der Waals surface area contributed by atoms with Crippen LogP contribution in [-0.2, 0) is 33.3 Å². The van der Waals surface area contributed by atoms with Gasteiger partial charge < -0.3 is 33.3 Å². The van der Waals surface area contributed by atoms with Gasteiger partial charge in [0.15, 0.2) is 12.4 Å². The van der Waals surface area contributed by atoms with E-state index >= 15 is 0 Å². The molecule has 2 unspecified atom stereocenters. The van der Waals surface area contributed by atoms with E-state index in [0.29, 0.717) is 17.4 Å². The lowest BCUT2D eigenvalue weighted by atomic mass is 10.0. The average molecular weight is 1190 g/mol. The molecular weight excluding hydrogens is 1050 g/mol. The quantitative estimate of drug-likeness (QED) is 0.0195. The predicted octanol–water partition coefficient (Wildman–Crippen LogP) is 20.7. The molecule has 0 aliphatic heterocycles. The summed E-state index contributed by atoms with van der Waals surface area (Å²) in [5.41, 5.74) is 0. The molecule has 0 bridgehead atoms. The lowest BCUT2D eigenvalue weighted by Gasteiger charge is -2.26. The lowest BCUT2D eigenvalue weighted by molar-refractivity contribution is -0.870. The highest BCUT2D eigenvalue weighted by atomic mass is 16.7. The van der Waals surface area contributed by atoms with Crippen LogP contribution >= 0.6 is 0 Å². The molecule has 0 N–H and O–H groups in total. The Bertz CT molecular complexity index is 1720. The number of hydrogen-bond acceptors (Lipinski definition) is 8. The van der Waals surface area contributed by atoms with E-state index in [0.717, 1.165) is 89.9 Å². The van der Waals surface area contributed by atoms with Gasteiger partial charge in [0.25, 0.3) is 0 Å². The summed E-state index contributed by atoms with van der Waals surface area (Å²) in [6.07, 6.45) is 87.8. The molecule has 0 aromatic rings. The maximum Gasteiger partial charge on any atom is 0.306 e. The maximum absolute atomic E-state index is 12.9. The molecule has 0 saturated heterocycles. The molecule has 0 aliphatic carbocycles. The second-order valence-electron chi connectivity index (χ2n) is 24.8. The zero-order valence-corrected chi connectivity index (χ0v) is 56.0. The van der Waals surface area contributed by atoms with Gasteiger partial charge in [-0.2, -0.15) is 0 Å². The number of rotatable bonds is 65. The Morgan fingerprint density at radius 1 is 0.365 bits per heavy atom. The number of aliphatic carboxylic acids is 1. The van der Waals surface area contributed by atoms with Crippen molar-refractivity contribution < 1.29 is 42.9 Å². The minimum absolute atomic E-state index is 0.143. The number of carbonyl (C=O) groups is 3. The summed E-state index contributed by atoms with van der Waals surface area (Å²) in [7, 11) is 5.93. The first-order valence-corrected chi connectivity index (χ1v) is 35.4. The van der Waals surface area contributed by atoms with Crippen LogP contribution in [0, 0.1) is 0 Å². The van der Waals surface area contributed by atoms with Crippen molar-refractivity contribution in [1.82, 2.24) is 0 Å². The third-order valence-corrected chi connectivity index (χ3v) is 15.3. The maximum atomic E-state index is 12.9. The van der Waals surface area contributed by atoms with Crippen LogP contribution in [0.2, 0.25) is 0 Å². The Morgan fingerprint density at radius 3 is 1.00 bits per heavy atom. The number of carboxylic acid groups (broad SMARTS) is 1. The molecule has 9 nitrogen and oxygen atoms in total. The minimum atomic E-state index is -1.63. The highest BCUT2D eigenvalue weighted by Crippen LogP contribution is 2.17. The summed E-state index contributed by atoms with van der Waals surface area (Å²) in [6, 6.07) is 0. The Hall–Kier alpha value is -3.79. The van der Waals surface area contributed by atoms with E-state index < -0.39 is 24.3 Å². The molecule has 0 rings (SSSR count). The zero-order valence-electron chi connectivity index (χ0n) is 56.0. The molecule has 0 aromatic heterocycles. The van der Waals surface area contributed by atoms with E-state index in [1.165, 1.54) is 186 Å².